The summed E-state index contributed by atoms with van der Waals surface area (Å²) in [7, 11) is 0. The van der Waals surface area contributed by atoms with Crippen molar-refractivity contribution in [2.45, 2.75) is 38.6 Å². The molecular weight excluding hydrogens is 306 g/mol. The normalized spacial score (nSPS) is 14.8. The largest absolute Gasteiger partial charge is 0.383 e. The minimum absolute atomic E-state index is 0.497. The lowest BCUT2D eigenvalue weighted by Gasteiger charge is -2.10. The van der Waals surface area contributed by atoms with Crippen molar-refractivity contribution in [2.75, 3.05) is 5.73 Å². The number of nitrogens with two attached hydrogens (primary N) is 1. The molecule has 0 spiro atoms. The Balaban J connectivity index is 2.06. The lowest BCUT2D eigenvalue weighted by atomic mass is 10.2. The van der Waals surface area contributed by atoms with Gasteiger partial charge >= 0.3 is 0 Å². The molecule has 2 aromatic rings. The number of nitrogen functional groups attached to an aromatic ring is 1. The van der Waals surface area contributed by atoms with Gasteiger partial charge in [0.25, 0.3) is 0 Å². The minimum atomic E-state index is 0.497. The van der Waals surface area contributed by atoms with Crippen LogP contribution in [0.1, 0.15) is 37.9 Å². The summed E-state index contributed by atoms with van der Waals surface area (Å²) in [6, 6.07) is 0.556. The van der Waals surface area contributed by atoms with Crippen molar-refractivity contribution in [1.82, 2.24) is 19.5 Å². The molecule has 0 aliphatic heterocycles. The van der Waals surface area contributed by atoms with E-state index in [1.807, 2.05) is 12.5 Å². The van der Waals surface area contributed by atoms with Gasteiger partial charge in [0.15, 0.2) is 5.82 Å². The Labute approximate surface area is 120 Å². The molecule has 0 bridgehead atoms. The summed E-state index contributed by atoms with van der Waals surface area (Å²) >= 11 is 3.47. The Hall–Kier alpha value is -1.43. The predicted octanol–water partition coefficient (Wildman–Crippen LogP) is 2.97. The maximum Gasteiger partial charge on any atom is 0.180 e. The van der Waals surface area contributed by atoms with Crippen LogP contribution in [0.4, 0.5) is 5.82 Å². The van der Waals surface area contributed by atoms with Crippen molar-refractivity contribution in [2.24, 2.45) is 0 Å². The van der Waals surface area contributed by atoms with Gasteiger partial charge < -0.3 is 10.3 Å². The zero-order chi connectivity index (χ0) is 13.4. The van der Waals surface area contributed by atoms with Crippen LogP contribution in [0.3, 0.4) is 0 Å². The van der Waals surface area contributed by atoms with Gasteiger partial charge in [-0.05, 0) is 35.2 Å². The van der Waals surface area contributed by atoms with Gasteiger partial charge in [0.05, 0.1) is 22.7 Å². The summed E-state index contributed by atoms with van der Waals surface area (Å²) < 4.78 is 2.97. The fourth-order valence-electron chi connectivity index (χ4n) is 2.15. The molecule has 0 aromatic carbocycles. The topological polar surface area (TPSA) is 69.6 Å². The van der Waals surface area contributed by atoms with Gasteiger partial charge in [-0.1, -0.05) is 13.3 Å². The fraction of sp³-hybridized carbons (Fsp3) is 0.462. The summed E-state index contributed by atoms with van der Waals surface area (Å²) in [5.74, 6) is 1.17. The fourth-order valence-corrected chi connectivity index (χ4v) is 2.53. The first kappa shape index (κ1) is 12.6. The van der Waals surface area contributed by atoms with Crippen LogP contribution in [-0.4, -0.2) is 19.5 Å². The SMILES string of the molecule is CCCc1nc(-c2cncn2C2CC2)nc(N)c1Br. The van der Waals surface area contributed by atoms with Gasteiger partial charge in [-0.2, -0.15) is 0 Å². The molecule has 0 saturated heterocycles. The van der Waals surface area contributed by atoms with E-state index in [0.29, 0.717) is 17.7 Å². The van der Waals surface area contributed by atoms with Crippen molar-refractivity contribution < 1.29 is 0 Å². The first-order valence-electron chi connectivity index (χ1n) is 6.54. The number of hydrogen-bond acceptors (Lipinski definition) is 4. The smallest absolute Gasteiger partial charge is 0.180 e. The number of anilines is 1. The maximum absolute atomic E-state index is 5.97. The van der Waals surface area contributed by atoms with Crippen molar-refractivity contribution in [1.29, 1.82) is 0 Å². The van der Waals surface area contributed by atoms with Gasteiger partial charge in [0.2, 0.25) is 0 Å². The Kier molecular flexibility index (Phi) is 3.26. The zero-order valence-corrected chi connectivity index (χ0v) is 12.4. The number of aryl methyl sites for hydroxylation is 1. The summed E-state index contributed by atoms with van der Waals surface area (Å²) in [6.45, 7) is 2.12. The van der Waals surface area contributed by atoms with Gasteiger partial charge in [-0.3, -0.25) is 0 Å². The molecule has 3 rings (SSSR count). The van der Waals surface area contributed by atoms with Gasteiger partial charge in [0, 0.05) is 6.04 Å². The second-order valence-corrected chi connectivity index (χ2v) is 5.65. The summed E-state index contributed by atoms with van der Waals surface area (Å²) in [6.07, 6.45) is 7.99. The van der Waals surface area contributed by atoms with E-state index in [-0.39, 0.29) is 0 Å². The number of aromatic nitrogens is 4. The monoisotopic (exact) mass is 321 g/mol. The van der Waals surface area contributed by atoms with Crippen molar-refractivity contribution in [3.8, 4) is 11.5 Å². The van der Waals surface area contributed by atoms with Crippen LogP contribution >= 0.6 is 15.9 Å². The molecule has 19 heavy (non-hydrogen) atoms. The van der Waals surface area contributed by atoms with Crippen molar-refractivity contribution in [3.63, 3.8) is 0 Å². The van der Waals surface area contributed by atoms with Crippen LogP contribution in [0.2, 0.25) is 0 Å². The van der Waals surface area contributed by atoms with E-state index < -0.39 is 0 Å². The Morgan fingerprint density at radius 1 is 1.42 bits per heavy atom. The molecule has 1 saturated carbocycles. The number of rotatable bonds is 4. The number of imidazole rings is 1. The quantitative estimate of drug-likeness (QED) is 0.939. The molecule has 2 N–H and O–H groups in total. The van der Waals surface area contributed by atoms with Crippen LogP contribution in [-0.2, 0) is 6.42 Å². The number of halogens is 1. The van der Waals surface area contributed by atoms with Gasteiger partial charge in [-0.25, -0.2) is 15.0 Å². The zero-order valence-electron chi connectivity index (χ0n) is 10.8. The summed E-state index contributed by atoms with van der Waals surface area (Å²) in [4.78, 5) is 13.2. The highest BCUT2D eigenvalue weighted by molar-refractivity contribution is 9.10. The van der Waals surface area contributed by atoms with Crippen LogP contribution in [0.15, 0.2) is 17.0 Å². The van der Waals surface area contributed by atoms with E-state index >= 15 is 0 Å². The molecule has 6 heteroatoms. The predicted molar refractivity (Wildman–Crippen MR) is 77.6 cm³/mol. The van der Waals surface area contributed by atoms with Crippen LogP contribution in [0.25, 0.3) is 11.5 Å². The second kappa shape index (κ2) is 4.92. The number of hydrogen-bond donors (Lipinski definition) is 1. The van der Waals surface area contributed by atoms with Crippen LogP contribution in [0, 0.1) is 0 Å². The van der Waals surface area contributed by atoms with E-state index in [1.165, 1.54) is 12.8 Å². The summed E-state index contributed by atoms with van der Waals surface area (Å²) in [5, 5.41) is 0. The lowest BCUT2D eigenvalue weighted by Crippen LogP contribution is -2.05. The highest BCUT2D eigenvalue weighted by atomic mass is 79.9. The van der Waals surface area contributed by atoms with E-state index in [1.54, 1.807) is 0 Å². The summed E-state index contributed by atoms with van der Waals surface area (Å²) in [5.41, 5.74) is 7.90. The van der Waals surface area contributed by atoms with Crippen molar-refractivity contribution in [3.05, 3.63) is 22.7 Å². The highest BCUT2D eigenvalue weighted by Crippen LogP contribution is 2.38. The van der Waals surface area contributed by atoms with Crippen LogP contribution in [0.5, 0.6) is 0 Å². The molecule has 2 heterocycles. The lowest BCUT2D eigenvalue weighted by molar-refractivity contribution is 0.741. The molecule has 5 nitrogen and oxygen atoms in total. The second-order valence-electron chi connectivity index (χ2n) is 4.86. The molecule has 1 aliphatic rings. The number of nitrogens with zero attached hydrogens (tertiary/aromatic N) is 4. The third-order valence-electron chi connectivity index (χ3n) is 3.27. The van der Waals surface area contributed by atoms with E-state index in [9.17, 15) is 0 Å². The molecule has 1 fully saturated rings. The Bertz CT molecular complexity index is 603. The standard InChI is InChI=1S/C13H16BrN5/c1-2-3-9-11(14)12(15)18-13(17-9)10-6-16-7-19(10)8-4-5-8/h6-8H,2-5H2,1H3,(H2,15,17,18). The van der Waals surface area contributed by atoms with Crippen LogP contribution < -0.4 is 5.73 Å². The van der Waals surface area contributed by atoms with E-state index in [0.717, 1.165) is 28.7 Å². The average Bonchev–Trinajstić information content (AvgIpc) is 3.12. The molecule has 1 aliphatic carbocycles. The molecule has 0 radical (unpaired) electrons. The molecule has 100 valence electrons. The third kappa shape index (κ3) is 2.36. The first-order valence-corrected chi connectivity index (χ1v) is 7.34. The maximum atomic E-state index is 5.97. The highest BCUT2D eigenvalue weighted by Gasteiger charge is 2.26. The molecule has 0 unspecified atom stereocenters. The molecule has 0 atom stereocenters. The first-order chi connectivity index (χ1) is 9.20. The van der Waals surface area contributed by atoms with Gasteiger partial charge in [0.1, 0.15) is 11.5 Å². The van der Waals surface area contributed by atoms with E-state index in [2.05, 4.69) is 42.4 Å². The van der Waals surface area contributed by atoms with Gasteiger partial charge in [-0.15, -0.1) is 0 Å². The minimum Gasteiger partial charge on any atom is -0.383 e. The molecule has 0 amide bonds. The third-order valence-corrected chi connectivity index (χ3v) is 4.13. The Morgan fingerprint density at radius 2 is 2.21 bits per heavy atom. The Morgan fingerprint density at radius 3 is 2.89 bits per heavy atom. The average molecular weight is 322 g/mol. The molecule has 2 aromatic heterocycles. The molecular formula is C13H16BrN5. The van der Waals surface area contributed by atoms with E-state index in [4.69, 9.17) is 5.73 Å². The van der Waals surface area contributed by atoms with Crippen molar-refractivity contribution >= 4 is 21.7 Å².